The molecule has 1 aromatic carbocycles. The molecular formula is C24H21ClN10O. The summed E-state index contributed by atoms with van der Waals surface area (Å²) in [6.07, 6.45) is 9.48. The van der Waals surface area contributed by atoms with Gasteiger partial charge in [-0.05, 0) is 30.7 Å². The van der Waals surface area contributed by atoms with Crippen molar-refractivity contribution in [2.75, 3.05) is 30.4 Å². The number of pyridine rings is 1. The topological polar surface area (TPSA) is 119 Å². The molecule has 12 heteroatoms. The Morgan fingerprint density at radius 1 is 1.14 bits per heavy atom. The van der Waals surface area contributed by atoms with E-state index < -0.39 is 0 Å². The number of hydrogen-bond donors (Lipinski definition) is 1. The molecule has 1 N–H and O–H groups in total. The zero-order chi connectivity index (χ0) is 24.5. The standard InChI is InChI=1S/C24H21ClN10O/c1-26-10-15-4-6-34(12-15)24-27-11-19-22(33-24)23(30-13-28-19)32-16-2-3-20(18(25)8-16)36-17-5-7-35-21(9-17)29-14-31-35/h2-3,5,7-11,13-15H,4,6,12H2,1H3,(H,28,30,32)/b26-10-/t15-/m0/s1. The molecule has 180 valence electrons. The largest absolute Gasteiger partial charge is 0.456 e. The Hall–Kier alpha value is -4.38. The van der Waals surface area contributed by atoms with Gasteiger partial charge >= 0.3 is 0 Å². The van der Waals surface area contributed by atoms with Crippen LogP contribution >= 0.6 is 11.6 Å². The van der Waals surface area contributed by atoms with E-state index in [9.17, 15) is 0 Å². The molecule has 1 saturated heterocycles. The fourth-order valence-electron chi connectivity index (χ4n) is 4.18. The molecule has 0 amide bonds. The van der Waals surface area contributed by atoms with Gasteiger partial charge in [0.2, 0.25) is 5.95 Å². The first-order valence-electron chi connectivity index (χ1n) is 11.3. The van der Waals surface area contributed by atoms with Gasteiger partial charge in [0.1, 0.15) is 35.2 Å². The van der Waals surface area contributed by atoms with E-state index in [0.29, 0.717) is 50.9 Å². The smallest absolute Gasteiger partial charge is 0.226 e. The number of nitrogens with one attached hydrogen (secondary N) is 1. The summed E-state index contributed by atoms with van der Waals surface area (Å²) in [7, 11) is 1.80. The monoisotopic (exact) mass is 500 g/mol. The summed E-state index contributed by atoms with van der Waals surface area (Å²) >= 11 is 6.54. The van der Waals surface area contributed by atoms with Crippen LogP contribution in [0.5, 0.6) is 11.5 Å². The van der Waals surface area contributed by atoms with Gasteiger partial charge in [-0.2, -0.15) is 5.10 Å². The number of halogens is 1. The Kier molecular flexibility index (Phi) is 5.74. The Morgan fingerprint density at radius 3 is 2.97 bits per heavy atom. The highest BCUT2D eigenvalue weighted by molar-refractivity contribution is 6.32. The number of rotatable bonds is 6. The zero-order valence-corrected chi connectivity index (χ0v) is 20.0. The van der Waals surface area contributed by atoms with Gasteiger partial charge in [-0.15, -0.1) is 0 Å². The molecule has 4 aromatic heterocycles. The van der Waals surface area contributed by atoms with Crippen molar-refractivity contribution in [1.29, 1.82) is 0 Å². The summed E-state index contributed by atoms with van der Waals surface area (Å²) in [4.78, 5) is 28.5. The third-order valence-corrected chi connectivity index (χ3v) is 6.20. The van der Waals surface area contributed by atoms with Crippen LogP contribution in [0.15, 0.2) is 60.4 Å². The van der Waals surface area contributed by atoms with Gasteiger partial charge in [0.05, 0.1) is 11.2 Å². The van der Waals surface area contributed by atoms with E-state index in [1.54, 1.807) is 48.2 Å². The third kappa shape index (κ3) is 4.36. The molecular weight excluding hydrogens is 480 g/mol. The highest BCUT2D eigenvalue weighted by Crippen LogP contribution is 2.33. The highest BCUT2D eigenvalue weighted by atomic mass is 35.5. The third-order valence-electron chi connectivity index (χ3n) is 5.91. The Bertz CT molecular complexity index is 1590. The second-order valence-corrected chi connectivity index (χ2v) is 8.73. The minimum atomic E-state index is 0.403. The predicted molar refractivity (Wildman–Crippen MR) is 138 cm³/mol. The molecule has 1 aliphatic heterocycles. The number of aromatic nitrogens is 7. The van der Waals surface area contributed by atoms with Crippen molar-refractivity contribution < 1.29 is 4.74 Å². The molecule has 1 aliphatic rings. The van der Waals surface area contributed by atoms with E-state index in [4.69, 9.17) is 21.3 Å². The van der Waals surface area contributed by atoms with Crippen LogP contribution in [0, 0.1) is 5.92 Å². The molecule has 1 fully saturated rings. The molecule has 0 spiro atoms. The van der Waals surface area contributed by atoms with Gasteiger partial charge < -0.3 is 19.9 Å². The van der Waals surface area contributed by atoms with Crippen molar-refractivity contribution in [3.8, 4) is 11.5 Å². The number of aliphatic imine (C=N–C) groups is 1. The zero-order valence-electron chi connectivity index (χ0n) is 19.3. The number of anilines is 3. The lowest BCUT2D eigenvalue weighted by molar-refractivity contribution is 0.482. The average Bonchev–Trinajstić information content (AvgIpc) is 3.55. The Morgan fingerprint density at radius 2 is 2.08 bits per heavy atom. The maximum absolute atomic E-state index is 6.54. The van der Waals surface area contributed by atoms with Gasteiger partial charge in [0, 0.05) is 50.2 Å². The lowest BCUT2D eigenvalue weighted by Crippen LogP contribution is -2.22. The van der Waals surface area contributed by atoms with Gasteiger partial charge in [0.25, 0.3) is 0 Å². The summed E-state index contributed by atoms with van der Waals surface area (Å²) in [5.41, 5.74) is 2.70. The first-order valence-corrected chi connectivity index (χ1v) is 11.7. The van der Waals surface area contributed by atoms with Gasteiger partial charge in [-0.1, -0.05) is 11.6 Å². The van der Waals surface area contributed by atoms with Crippen LogP contribution in [0.3, 0.4) is 0 Å². The molecule has 1 atom stereocenters. The lowest BCUT2D eigenvalue weighted by Gasteiger charge is -2.16. The van der Waals surface area contributed by atoms with Crippen molar-refractivity contribution in [2.45, 2.75) is 6.42 Å². The fourth-order valence-corrected chi connectivity index (χ4v) is 4.39. The molecule has 0 radical (unpaired) electrons. The summed E-state index contributed by atoms with van der Waals surface area (Å²) in [6, 6.07) is 9.02. The van der Waals surface area contributed by atoms with Crippen molar-refractivity contribution >= 4 is 51.9 Å². The van der Waals surface area contributed by atoms with Gasteiger partial charge in [0.15, 0.2) is 11.5 Å². The van der Waals surface area contributed by atoms with E-state index in [-0.39, 0.29) is 0 Å². The number of ether oxygens (including phenoxy) is 1. The molecule has 0 aliphatic carbocycles. The minimum absolute atomic E-state index is 0.403. The first kappa shape index (κ1) is 22.1. The minimum Gasteiger partial charge on any atom is -0.456 e. The first-order chi connectivity index (χ1) is 17.7. The van der Waals surface area contributed by atoms with Crippen molar-refractivity contribution in [3.63, 3.8) is 0 Å². The second-order valence-electron chi connectivity index (χ2n) is 8.33. The molecule has 0 saturated carbocycles. The molecule has 0 bridgehead atoms. The van der Waals surface area contributed by atoms with Crippen LogP contribution in [0.1, 0.15) is 6.42 Å². The molecule has 5 aromatic rings. The molecule has 6 rings (SSSR count). The van der Waals surface area contributed by atoms with E-state index in [1.165, 1.54) is 12.7 Å². The predicted octanol–water partition coefficient (Wildman–Crippen LogP) is 4.18. The summed E-state index contributed by atoms with van der Waals surface area (Å²) in [5, 5.41) is 7.83. The van der Waals surface area contributed by atoms with Crippen LogP contribution in [0.4, 0.5) is 17.5 Å². The van der Waals surface area contributed by atoms with Gasteiger partial charge in [-0.3, -0.25) is 0 Å². The van der Waals surface area contributed by atoms with E-state index >= 15 is 0 Å². The van der Waals surface area contributed by atoms with Gasteiger partial charge in [-0.25, -0.2) is 29.4 Å². The van der Waals surface area contributed by atoms with E-state index in [1.807, 2.05) is 12.3 Å². The highest BCUT2D eigenvalue weighted by Gasteiger charge is 2.23. The normalized spacial score (nSPS) is 15.8. The van der Waals surface area contributed by atoms with Crippen LogP contribution < -0.4 is 15.0 Å². The average molecular weight is 501 g/mol. The molecule has 36 heavy (non-hydrogen) atoms. The van der Waals surface area contributed by atoms with Crippen molar-refractivity contribution in [2.24, 2.45) is 10.9 Å². The van der Waals surface area contributed by atoms with E-state index in [0.717, 1.165) is 25.2 Å². The van der Waals surface area contributed by atoms with E-state index in [2.05, 4.69) is 40.2 Å². The van der Waals surface area contributed by atoms with Crippen LogP contribution in [0.2, 0.25) is 5.02 Å². The Labute approximate surface area is 210 Å². The SMILES string of the molecule is C/N=C\[C@@H]1CCN(c2ncc3ncnc(Nc4ccc(Oc5ccn6ncnc6c5)c(Cl)c4)c3n2)C1. The number of nitrogens with zero attached hydrogens (tertiary/aromatic N) is 9. The van der Waals surface area contributed by atoms with Crippen LogP contribution in [-0.2, 0) is 0 Å². The summed E-state index contributed by atoms with van der Waals surface area (Å²) in [5.74, 6) is 2.75. The van der Waals surface area contributed by atoms with Crippen molar-refractivity contribution in [3.05, 3.63) is 60.4 Å². The summed E-state index contributed by atoms with van der Waals surface area (Å²) in [6.45, 7) is 1.71. The lowest BCUT2D eigenvalue weighted by atomic mass is 10.1. The summed E-state index contributed by atoms with van der Waals surface area (Å²) < 4.78 is 7.62. The molecule has 11 nitrogen and oxygen atoms in total. The van der Waals surface area contributed by atoms with Crippen LogP contribution in [0.25, 0.3) is 16.7 Å². The Balaban J connectivity index is 1.24. The quantitative estimate of drug-likeness (QED) is 0.342. The van der Waals surface area contributed by atoms with Crippen molar-refractivity contribution in [1.82, 2.24) is 34.5 Å². The number of hydrogen-bond acceptors (Lipinski definition) is 10. The molecule has 5 heterocycles. The van der Waals surface area contributed by atoms with Crippen LogP contribution in [-0.4, -0.2) is 60.9 Å². The second kappa shape index (κ2) is 9.34. The fraction of sp³-hybridized carbons (Fsp3) is 0.208. The molecule has 0 unspecified atom stereocenters. The number of benzene rings is 1. The number of fused-ring (bicyclic) bond motifs is 2. The maximum atomic E-state index is 6.54. The maximum Gasteiger partial charge on any atom is 0.226 e.